The van der Waals surface area contributed by atoms with Gasteiger partial charge >= 0.3 is 0 Å². The van der Waals surface area contributed by atoms with Crippen LogP contribution in [-0.4, -0.2) is 12.5 Å². The molecule has 0 atom stereocenters. The van der Waals surface area contributed by atoms with Crippen molar-refractivity contribution >= 4 is 22.9 Å². The zero-order valence-corrected chi connectivity index (χ0v) is 11.5. The highest BCUT2D eigenvalue weighted by Gasteiger charge is 2.54. The zero-order valence-electron chi connectivity index (χ0n) is 10.6. The van der Waals surface area contributed by atoms with E-state index in [1.54, 1.807) is 11.3 Å². The molecule has 96 valence electrons. The molecule has 1 aromatic heterocycles. The molecule has 2 nitrogen and oxygen atoms in total. The minimum Gasteiger partial charge on any atom is -0.311 e. The van der Waals surface area contributed by atoms with Crippen LogP contribution in [0, 0.1) is 0 Å². The van der Waals surface area contributed by atoms with Gasteiger partial charge in [0.05, 0.1) is 5.41 Å². The molecule has 1 amide bonds. The third-order valence-corrected chi connectivity index (χ3v) is 5.36. The maximum atomic E-state index is 12.9. The number of hydrogen-bond acceptors (Lipinski definition) is 2. The summed E-state index contributed by atoms with van der Waals surface area (Å²) in [5.74, 6) is 0.305. The Morgan fingerprint density at radius 1 is 1.16 bits per heavy atom. The van der Waals surface area contributed by atoms with Crippen LogP contribution in [0.2, 0.25) is 0 Å². The van der Waals surface area contributed by atoms with Gasteiger partial charge in [-0.05, 0) is 42.3 Å². The average Bonchev–Trinajstić information content (AvgIpc) is 2.91. The van der Waals surface area contributed by atoms with Crippen molar-refractivity contribution in [3.63, 3.8) is 0 Å². The van der Waals surface area contributed by atoms with Gasteiger partial charge < -0.3 is 4.90 Å². The molecule has 1 saturated carbocycles. The second kappa shape index (κ2) is 3.94. The number of thiophene rings is 1. The Morgan fingerprint density at radius 3 is 2.74 bits per heavy atom. The lowest BCUT2D eigenvalue weighted by Gasteiger charge is -2.23. The van der Waals surface area contributed by atoms with Crippen LogP contribution >= 0.6 is 11.3 Å². The molecular weight excluding hydrogens is 254 g/mol. The van der Waals surface area contributed by atoms with Gasteiger partial charge in [-0.15, -0.1) is 11.3 Å². The molecule has 3 heteroatoms. The molecule has 2 aromatic rings. The van der Waals surface area contributed by atoms with E-state index in [-0.39, 0.29) is 5.41 Å². The highest BCUT2D eigenvalue weighted by atomic mass is 32.1. The Hall–Kier alpha value is -1.61. The molecule has 0 spiro atoms. The number of amides is 1. The van der Waals surface area contributed by atoms with E-state index in [9.17, 15) is 4.79 Å². The van der Waals surface area contributed by atoms with Gasteiger partial charge in [0.1, 0.15) is 0 Å². The molecule has 2 heterocycles. The lowest BCUT2D eigenvalue weighted by Crippen LogP contribution is -2.37. The molecule has 0 N–H and O–H groups in total. The molecule has 1 aromatic carbocycles. The van der Waals surface area contributed by atoms with E-state index >= 15 is 0 Å². The first-order valence-electron chi connectivity index (χ1n) is 6.75. The Morgan fingerprint density at radius 2 is 2.00 bits per heavy atom. The van der Waals surface area contributed by atoms with Crippen LogP contribution in [0.25, 0.3) is 0 Å². The maximum absolute atomic E-state index is 12.9. The summed E-state index contributed by atoms with van der Waals surface area (Å²) >= 11 is 1.71. The number of fused-ring (bicyclic) bond motifs is 1. The van der Waals surface area contributed by atoms with Crippen LogP contribution in [0.15, 0.2) is 41.8 Å². The van der Waals surface area contributed by atoms with Crippen LogP contribution in [0.5, 0.6) is 0 Å². The third-order valence-electron chi connectivity index (χ3n) is 4.28. The minimum atomic E-state index is -0.203. The molecule has 0 bridgehead atoms. The quantitative estimate of drug-likeness (QED) is 0.818. The fourth-order valence-electron chi connectivity index (χ4n) is 3.05. The SMILES string of the molecule is O=C(N1CCc2ccccc21)C1(c2cccs2)CC1. The van der Waals surface area contributed by atoms with E-state index < -0.39 is 0 Å². The van der Waals surface area contributed by atoms with Crippen LogP contribution in [-0.2, 0) is 16.6 Å². The predicted molar refractivity (Wildman–Crippen MR) is 77.7 cm³/mol. The Kier molecular flexibility index (Phi) is 2.33. The first kappa shape index (κ1) is 11.2. The van der Waals surface area contributed by atoms with E-state index in [0.717, 1.165) is 31.5 Å². The third kappa shape index (κ3) is 1.58. The second-order valence-electron chi connectivity index (χ2n) is 5.39. The van der Waals surface area contributed by atoms with Crippen LogP contribution < -0.4 is 4.90 Å². The van der Waals surface area contributed by atoms with Crippen molar-refractivity contribution in [2.75, 3.05) is 11.4 Å². The average molecular weight is 269 g/mol. The lowest BCUT2D eigenvalue weighted by atomic mass is 10.0. The Bertz CT molecular complexity index is 628. The summed E-state index contributed by atoms with van der Waals surface area (Å²) in [6.45, 7) is 0.839. The number of hydrogen-bond donors (Lipinski definition) is 0. The number of carbonyl (C=O) groups excluding carboxylic acids is 1. The number of anilines is 1. The largest absolute Gasteiger partial charge is 0.311 e. The fraction of sp³-hybridized carbons (Fsp3) is 0.312. The first-order chi connectivity index (χ1) is 9.31. The van der Waals surface area contributed by atoms with Gasteiger partial charge in [-0.3, -0.25) is 4.79 Å². The van der Waals surface area contributed by atoms with Gasteiger partial charge in [0.15, 0.2) is 0 Å². The predicted octanol–water partition coefficient (Wildman–Crippen LogP) is 3.37. The van der Waals surface area contributed by atoms with Gasteiger partial charge in [-0.1, -0.05) is 24.3 Å². The van der Waals surface area contributed by atoms with E-state index in [1.807, 2.05) is 17.0 Å². The second-order valence-corrected chi connectivity index (χ2v) is 6.34. The topological polar surface area (TPSA) is 20.3 Å². The molecule has 19 heavy (non-hydrogen) atoms. The van der Waals surface area contributed by atoms with Gasteiger partial charge in [0, 0.05) is 17.1 Å². The molecule has 0 unspecified atom stereocenters. The van der Waals surface area contributed by atoms with E-state index in [2.05, 4.69) is 29.6 Å². The summed E-state index contributed by atoms with van der Waals surface area (Å²) in [6.07, 6.45) is 3.00. The van der Waals surface area contributed by atoms with Gasteiger partial charge in [-0.25, -0.2) is 0 Å². The fourth-order valence-corrected chi connectivity index (χ4v) is 4.03. The summed E-state index contributed by atoms with van der Waals surface area (Å²) in [4.78, 5) is 16.2. The standard InChI is InChI=1S/C16H15NOS/c18-15(16(8-9-16)14-6-3-11-19-14)17-10-7-12-4-1-2-5-13(12)17/h1-6,11H,7-10H2. The van der Waals surface area contributed by atoms with E-state index in [0.29, 0.717) is 5.91 Å². The highest BCUT2D eigenvalue weighted by Crippen LogP contribution is 2.52. The summed E-state index contributed by atoms with van der Waals surface area (Å²) in [5, 5.41) is 2.07. The normalized spacial score (nSPS) is 19.3. The van der Waals surface area contributed by atoms with Crippen molar-refractivity contribution in [1.29, 1.82) is 0 Å². The van der Waals surface area contributed by atoms with Gasteiger partial charge in [0.25, 0.3) is 0 Å². The Labute approximate surface area is 116 Å². The monoisotopic (exact) mass is 269 g/mol. The van der Waals surface area contributed by atoms with Crippen LogP contribution in [0.1, 0.15) is 23.3 Å². The van der Waals surface area contributed by atoms with Crippen molar-refractivity contribution in [1.82, 2.24) is 0 Å². The van der Waals surface area contributed by atoms with Crippen molar-refractivity contribution in [3.05, 3.63) is 52.2 Å². The number of para-hydroxylation sites is 1. The molecule has 0 radical (unpaired) electrons. The minimum absolute atomic E-state index is 0.203. The first-order valence-corrected chi connectivity index (χ1v) is 7.63. The number of nitrogens with zero attached hydrogens (tertiary/aromatic N) is 1. The number of benzene rings is 1. The highest BCUT2D eigenvalue weighted by molar-refractivity contribution is 7.10. The molecule has 1 aliphatic heterocycles. The van der Waals surface area contributed by atoms with Crippen molar-refractivity contribution in [2.45, 2.75) is 24.7 Å². The molecule has 0 saturated heterocycles. The molecule has 1 fully saturated rings. The Balaban J connectivity index is 1.70. The van der Waals surface area contributed by atoms with Crippen LogP contribution in [0.4, 0.5) is 5.69 Å². The van der Waals surface area contributed by atoms with Crippen molar-refractivity contribution < 1.29 is 4.79 Å². The summed E-state index contributed by atoms with van der Waals surface area (Å²) in [7, 11) is 0. The lowest BCUT2D eigenvalue weighted by molar-refractivity contribution is -0.120. The van der Waals surface area contributed by atoms with E-state index in [4.69, 9.17) is 0 Å². The van der Waals surface area contributed by atoms with Gasteiger partial charge in [-0.2, -0.15) is 0 Å². The number of rotatable bonds is 2. The smallest absolute Gasteiger partial charge is 0.238 e. The molecular formula is C16H15NOS. The molecule has 4 rings (SSSR count). The maximum Gasteiger partial charge on any atom is 0.238 e. The van der Waals surface area contributed by atoms with Crippen molar-refractivity contribution in [2.24, 2.45) is 0 Å². The summed E-state index contributed by atoms with van der Waals surface area (Å²) in [5.41, 5.74) is 2.22. The zero-order chi connectivity index (χ0) is 12.9. The van der Waals surface area contributed by atoms with Gasteiger partial charge in [0.2, 0.25) is 5.91 Å². The summed E-state index contributed by atoms with van der Waals surface area (Å²) in [6, 6.07) is 12.4. The molecule has 1 aliphatic carbocycles. The van der Waals surface area contributed by atoms with Crippen LogP contribution in [0.3, 0.4) is 0 Å². The number of carbonyl (C=O) groups is 1. The van der Waals surface area contributed by atoms with E-state index in [1.165, 1.54) is 10.4 Å². The molecule has 2 aliphatic rings. The van der Waals surface area contributed by atoms with Crippen molar-refractivity contribution in [3.8, 4) is 0 Å². The summed E-state index contributed by atoms with van der Waals surface area (Å²) < 4.78 is 0.